The Kier molecular flexibility index (Phi) is 5.34. The minimum absolute atomic E-state index is 0.00562. The van der Waals surface area contributed by atoms with Gasteiger partial charge in [0.2, 0.25) is 0 Å². The number of likely N-dealkylation sites (tertiary alicyclic amines) is 1. The second kappa shape index (κ2) is 8.05. The maximum Gasteiger partial charge on any atom is 0.316 e. The van der Waals surface area contributed by atoms with Crippen LogP contribution < -0.4 is 4.74 Å². The zero-order valence-corrected chi connectivity index (χ0v) is 16.9. The minimum Gasteiger partial charge on any atom is -0.460 e. The van der Waals surface area contributed by atoms with Crippen LogP contribution in [0.1, 0.15) is 23.2 Å². The van der Waals surface area contributed by atoms with Crippen LogP contribution in [-0.2, 0) is 7.05 Å². The third kappa shape index (κ3) is 4.19. The van der Waals surface area contributed by atoms with E-state index in [0.29, 0.717) is 24.7 Å². The van der Waals surface area contributed by atoms with Crippen molar-refractivity contribution >= 4 is 21.8 Å². The molecule has 0 saturated carbocycles. The van der Waals surface area contributed by atoms with E-state index in [2.05, 4.69) is 36.0 Å². The number of nitrogens with zero attached hydrogens (tertiary/aromatic N) is 6. The van der Waals surface area contributed by atoms with Crippen molar-refractivity contribution < 1.29 is 9.53 Å². The standard InChI is InChI=1S/C19H19BrN6O2/c1-25-12-15(10-24-25)14-8-22-19(23-9-14)28-17-2-4-26(5-3-17)18(27)13-6-16(20)11-21-7-13/h6-12,17H,2-5H2,1H3. The van der Waals surface area contributed by atoms with Crippen LogP contribution in [0, 0.1) is 0 Å². The van der Waals surface area contributed by atoms with Crippen LogP contribution >= 0.6 is 15.9 Å². The van der Waals surface area contributed by atoms with Crippen molar-refractivity contribution in [2.45, 2.75) is 18.9 Å². The van der Waals surface area contributed by atoms with Gasteiger partial charge in [0, 0.05) is 79.6 Å². The maximum atomic E-state index is 12.6. The molecular weight excluding hydrogens is 424 g/mol. The summed E-state index contributed by atoms with van der Waals surface area (Å²) in [6, 6.07) is 2.14. The van der Waals surface area contributed by atoms with E-state index in [9.17, 15) is 4.79 Å². The summed E-state index contributed by atoms with van der Waals surface area (Å²) in [5.41, 5.74) is 2.44. The van der Waals surface area contributed by atoms with E-state index in [1.54, 1.807) is 41.7 Å². The summed E-state index contributed by atoms with van der Waals surface area (Å²) in [5, 5.41) is 4.15. The van der Waals surface area contributed by atoms with Gasteiger partial charge in [0.25, 0.3) is 5.91 Å². The van der Waals surface area contributed by atoms with E-state index in [-0.39, 0.29) is 12.0 Å². The molecule has 0 radical (unpaired) electrons. The molecular formula is C19H19BrN6O2. The lowest BCUT2D eigenvalue weighted by molar-refractivity contribution is 0.0578. The molecule has 8 nitrogen and oxygen atoms in total. The zero-order valence-electron chi connectivity index (χ0n) is 15.3. The third-order valence-corrected chi connectivity index (χ3v) is 5.05. The van der Waals surface area contributed by atoms with Gasteiger partial charge in [-0.15, -0.1) is 0 Å². The van der Waals surface area contributed by atoms with Crippen LogP contribution in [0.5, 0.6) is 6.01 Å². The molecule has 28 heavy (non-hydrogen) atoms. The van der Waals surface area contributed by atoms with Gasteiger partial charge in [-0.2, -0.15) is 5.10 Å². The van der Waals surface area contributed by atoms with E-state index in [4.69, 9.17) is 4.74 Å². The molecule has 3 aromatic heterocycles. The summed E-state index contributed by atoms with van der Waals surface area (Å²) in [6.45, 7) is 1.26. The van der Waals surface area contributed by atoms with Gasteiger partial charge in [-0.25, -0.2) is 9.97 Å². The van der Waals surface area contributed by atoms with E-state index >= 15 is 0 Å². The lowest BCUT2D eigenvalue weighted by atomic mass is 10.1. The van der Waals surface area contributed by atoms with Gasteiger partial charge in [0.05, 0.1) is 11.8 Å². The molecule has 1 fully saturated rings. The molecule has 0 aromatic carbocycles. The number of rotatable bonds is 4. The SMILES string of the molecule is Cn1cc(-c2cnc(OC3CCN(C(=O)c4cncc(Br)c4)CC3)nc2)cn1. The van der Waals surface area contributed by atoms with E-state index in [0.717, 1.165) is 28.4 Å². The van der Waals surface area contributed by atoms with E-state index in [1.165, 1.54) is 0 Å². The molecule has 0 spiro atoms. The number of hydrogen-bond donors (Lipinski definition) is 0. The van der Waals surface area contributed by atoms with Crippen molar-refractivity contribution in [3.63, 3.8) is 0 Å². The molecule has 144 valence electrons. The van der Waals surface area contributed by atoms with Gasteiger partial charge in [0.15, 0.2) is 0 Å². The highest BCUT2D eigenvalue weighted by molar-refractivity contribution is 9.10. The molecule has 0 aliphatic carbocycles. The number of aromatic nitrogens is 5. The number of piperidine rings is 1. The average molecular weight is 443 g/mol. The topological polar surface area (TPSA) is 86.0 Å². The summed E-state index contributed by atoms with van der Waals surface area (Å²) in [6.07, 6.45) is 11.9. The van der Waals surface area contributed by atoms with Crippen molar-refractivity contribution in [1.82, 2.24) is 29.6 Å². The summed E-state index contributed by atoms with van der Waals surface area (Å²) >= 11 is 3.35. The molecule has 0 bridgehead atoms. The number of carbonyl (C=O) groups excluding carboxylic acids is 1. The largest absolute Gasteiger partial charge is 0.460 e. The Balaban J connectivity index is 1.32. The van der Waals surface area contributed by atoms with Crippen LogP contribution in [0.4, 0.5) is 0 Å². The Morgan fingerprint density at radius 1 is 1.11 bits per heavy atom. The fourth-order valence-electron chi connectivity index (χ4n) is 3.13. The van der Waals surface area contributed by atoms with Crippen LogP contribution in [0.2, 0.25) is 0 Å². The van der Waals surface area contributed by atoms with Gasteiger partial charge in [-0.05, 0) is 22.0 Å². The number of amides is 1. The number of hydrogen-bond acceptors (Lipinski definition) is 6. The van der Waals surface area contributed by atoms with Gasteiger partial charge in [-0.1, -0.05) is 0 Å². The third-order valence-electron chi connectivity index (χ3n) is 4.62. The second-order valence-corrected chi connectivity index (χ2v) is 7.57. The van der Waals surface area contributed by atoms with E-state index in [1.807, 2.05) is 18.1 Å². The highest BCUT2D eigenvalue weighted by Crippen LogP contribution is 2.21. The molecule has 1 aliphatic heterocycles. The molecule has 9 heteroatoms. The van der Waals surface area contributed by atoms with Crippen molar-refractivity contribution in [3.8, 4) is 17.1 Å². The van der Waals surface area contributed by atoms with Crippen LogP contribution in [0.3, 0.4) is 0 Å². The molecule has 0 unspecified atom stereocenters. The lowest BCUT2D eigenvalue weighted by Gasteiger charge is -2.31. The van der Waals surface area contributed by atoms with Crippen LogP contribution in [0.15, 0.2) is 47.7 Å². The first-order chi connectivity index (χ1) is 13.6. The molecule has 1 amide bonds. The normalized spacial score (nSPS) is 14.9. The number of aryl methyl sites for hydroxylation is 1. The quantitative estimate of drug-likeness (QED) is 0.617. The smallest absolute Gasteiger partial charge is 0.316 e. The van der Waals surface area contributed by atoms with Crippen LogP contribution in [-0.4, -0.2) is 54.7 Å². The number of ether oxygens (including phenoxy) is 1. The molecule has 0 atom stereocenters. The zero-order chi connectivity index (χ0) is 19.5. The summed E-state index contributed by atoms with van der Waals surface area (Å²) in [4.78, 5) is 27.1. The Morgan fingerprint density at radius 3 is 2.50 bits per heavy atom. The Hall–Kier alpha value is -2.81. The van der Waals surface area contributed by atoms with Gasteiger partial charge in [-0.3, -0.25) is 14.5 Å². The summed E-state index contributed by atoms with van der Waals surface area (Å²) in [5.74, 6) is -0.00989. The van der Waals surface area contributed by atoms with Crippen molar-refractivity contribution in [1.29, 1.82) is 0 Å². The minimum atomic E-state index is -0.00989. The number of carbonyl (C=O) groups is 1. The lowest BCUT2D eigenvalue weighted by Crippen LogP contribution is -2.42. The van der Waals surface area contributed by atoms with E-state index < -0.39 is 0 Å². The van der Waals surface area contributed by atoms with Crippen molar-refractivity contribution in [2.75, 3.05) is 13.1 Å². The molecule has 0 N–H and O–H groups in total. The molecule has 4 rings (SSSR count). The Labute approximate surface area is 170 Å². The van der Waals surface area contributed by atoms with Crippen LogP contribution in [0.25, 0.3) is 11.1 Å². The predicted molar refractivity (Wildman–Crippen MR) is 106 cm³/mol. The first-order valence-corrected chi connectivity index (χ1v) is 9.75. The fourth-order valence-corrected chi connectivity index (χ4v) is 3.50. The first kappa shape index (κ1) is 18.5. The Bertz CT molecular complexity index is 967. The first-order valence-electron chi connectivity index (χ1n) is 8.96. The van der Waals surface area contributed by atoms with Crippen molar-refractivity contribution in [3.05, 3.63) is 53.3 Å². The molecule has 4 heterocycles. The van der Waals surface area contributed by atoms with Gasteiger partial charge in [0.1, 0.15) is 6.10 Å². The fraction of sp³-hybridized carbons (Fsp3) is 0.316. The average Bonchev–Trinajstić information content (AvgIpc) is 3.15. The number of halogens is 1. The number of pyridine rings is 1. The highest BCUT2D eigenvalue weighted by Gasteiger charge is 2.25. The van der Waals surface area contributed by atoms with Crippen molar-refractivity contribution in [2.24, 2.45) is 7.05 Å². The Morgan fingerprint density at radius 2 is 1.86 bits per heavy atom. The second-order valence-electron chi connectivity index (χ2n) is 6.66. The monoisotopic (exact) mass is 442 g/mol. The molecule has 1 aliphatic rings. The van der Waals surface area contributed by atoms with Gasteiger partial charge >= 0.3 is 6.01 Å². The maximum absolute atomic E-state index is 12.6. The summed E-state index contributed by atoms with van der Waals surface area (Å²) < 4.78 is 8.43. The summed E-state index contributed by atoms with van der Waals surface area (Å²) in [7, 11) is 1.87. The highest BCUT2D eigenvalue weighted by atomic mass is 79.9. The van der Waals surface area contributed by atoms with Gasteiger partial charge < -0.3 is 9.64 Å². The predicted octanol–water partition coefficient (Wildman–Crippen LogP) is 2.72. The molecule has 3 aromatic rings. The molecule has 1 saturated heterocycles.